The fourth-order valence-electron chi connectivity index (χ4n) is 3.76. The Balaban J connectivity index is 1.62. The topological polar surface area (TPSA) is 40.6 Å². The molecule has 4 nitrogen and oxygen atoms in total. The summed E-state index contributed by atoms with van der Waals surface area (Å²) in [5.41, 5.74) is 1.27. The molecule has 3 rings (SSSR count). The third-order valence-corrected chi connectivity index (χ3v) is 5.31. The summed E-state index contributed by atoms with van der Waals surface area (Å²) in [6, 6.07) is 10.4. The Kier molecular flexibility index (Phi) is 4.69. The number of hydrogen-bond donors (Lipinski definition) is 0. The first-order valence-corrected chi connectivity index (χ1v) is 8.70. The Labute approximate surface area is 138 Å². The van der Waals surface area contributed by atoms with E-state index >= 15 is 0 Å². The van der Waals surface area contributed by atoms with Crippen molar-refractivity contribution in [1.82, 2.24) is 9.80 Å². The maximum Gasteiger partial charge on any atom is 0.224 e. The van der Waals surface area contributed by atoms with E-state index in [-0.39, 0.29) is 17.2 Å². The molecular formula is C19H26N2O2. The van der Waals surface area contributed by atoms with Crippen molar-refractivity contribution in [2.45, 2.75) is 44.4 Å². The summed E-state index contributed by atoms with van der Waals surface area (Å²) in [6.07, 6.45) is 4.13. The second kappa shape index (κ2) is 6.73. The molecule has 0 aliphatic carbocycles. The highest BCUT2D eigenvalue weighted by atomic mass is 16.2. The summed E-state index contributed by atoms with van der Waals surface area (Å²) < 4.78 is 0. The van der Waals surface area contributed by atoms with Gasteiger partial charge in [-0.15, -0.1) is 0 Å². The van der Waals surface area contributed by atoms with Gasteiger partial charge in [0.1, 0.15) is 0 Å². The predicted octanol–water partition coefficient (Wildman–Crippen LogP) is 2.58. The van der Waals surface area contributed by atoms with E-state index in [1.54, 1.807) is 0 Å². The van der Waals surface area contributed by atoms with Crippen LogP contribution < -0.4 is 0 Å². The second-order valence-electron chi connectivity index (χ2n) is 7.08. The Hall–Kier alpha value is -1.84. The highest BCUT2D eigenvalue weighted by molar-refractivity contribution is 5.80. The van der Waals surface area contributed by atoms with Crippen LogP contribution in [0.25, 0.3) is 0 Å². The maximum absolute atomic E-state index is 12.2. The number of hydrogen-bond acceptors (Lipinski definition) is 2. The van der Waals surface area contributed by atoms with Crippen LogP contribution >= 0.6 is 0 Å². The number of carbonyl (C=O) groups is 2. The number of piperidine rings is 1. The molecule has 0 bridgehead atoms. The minimum Gasteiger partial charge on any atom is -0.343 e. The SMILES string of the molecule is CC1(c2ccccc2)CCC(=O)N(CCC(=O)N2CCCC2)C1. The molecule has 0 radical (unpaired) electrons. The molecule has 4 heteroatoms. The smallest absolute Gasteiger partial charge is 0.224 e. The average molecular weight is 314 g/mol. The van der Waals surface area contributed by atoms with E-state index < -0.39 is 0 Å². The Bertz CT molecular complexity index is 566. The Morgan fingerprint density at radius 2 is 1.87 bits per heavy atom. The Morgan fingerprint density at radius 3 is 2.57 bits per heavy atom. The van der Waals surface area contributed by atoms with Crippen LogP contribution in [0.2, 0.25) is 0 Å². The summed E-state index contributed by atoms with van der Waals surface area (Å²) in [5, 5.41) is 0. The number of rotatable bonds is 4. The molecule has 1 atom stereocenters. The lowest BCUT2D eigenvalue weighted by molar-refractivity contribution is -0.137. The van der Waals surface area contributed by atoms with E-state index in [2.05, 4.69) is 31.2 Å². The van der Waals surface area contributed by atoms with Crippen molar-refractivity contribution in [3.8, 4) is 0 Å². The van der Waals surface area contributed by atoms with Crippen molar-refractivity contribution >= 4 is 11.8 Å². The van der Waals surface area contributed by atoms with Crippen LogP contribution in [0, 0.1) is 0 Å². The van der Waals surface area contributed by atoms with E-state index in [0.717, 1.165) is 32.4 Å². The maximum atomic E-state index is 12.2. The molecule has 1 aromatic rings. The van der Waals surface area contributed by atoms with Gasteiger partial charge in [0.2, 0.25) is 11.8 Å². The zero-order valence-electron chi connectivity index (χ0n) is 14.0. The number of likely N-dealkylation sites (tertiary alicyclic amines) is 2. The fraction of sp³-hybridized carbons (Fsp3) is 0.579. The lowest BCUT2D eigenvalue weighted by atomic mass is 9.75. The molecule has 1 aromatic carbocycles. The quantitative estimate of drug-likeness (QED) is 0.857. The molecule has 124 valence electrons. The number of benzene rings is 1. The van der Waals surface area contributed by atoms with Gasteiger partial charge >= 0.3 is 0 Å². The summed E-state index contributed by atoms with van der Waals surface area (Å²) in [4.78, 5) is 28.3. The van der Waals surface area contributed by atoms with Crippen LogP contribution in [0.5, 0.6) is 0 Å². The molecule has 2 aliphatic rings. The van der Waals surface area contributed by atoms with E-state index in [1.807, 2.05) is 15.9 Å². The van der Waals surface area contributed by atoms with Crippen molar-refractivity contribution in [3.63, 3.8) is 0 Å². The highest BCUT2D eigenvalue weighted by Gasteiger charge is 2.36. The second-order valence-corrected chi connectivity index (χ2v) is 7.08. The molecule has 2 saturated heterocycles. The van der Waals surface area contributed by atoms with Gasteiger partial charge in [-0.2, -0.15) is 0 Å². The van der Waals surface area contributed by atoms with Crippen LogP contribution in [0.1, 0.15) is 44.6 Å². The van der Waals surface area contributed by atoms with Gasteiger partial charge in [-0.3, -0.25) is 9.59 Å². The van der Waals surface area contributed by atoms with E-state index in [9.17, 15) is 9.59 Å². The predicted molar refractivity (Wildman–Crippen MR) is 90.0 cm³/mol. The number of nitrogens with zero attached hydrogens (tertiary/aromatic N) is 2. The molecule has 2 fully saturated rings. The van der Waals surface area contributed by atoms with Gasteiger partial charge in [-0.25, -0.2) is 0 Å². The third kappa shape index (κ3) is 3.57. The number of amides is 2. The molecule has 2 aliphatic heterocycles. The molecule has 1 unspecified atom stereocenters. The molecule has 0 saturated carbocycles. The zero-order valence-corrected chi connectivity index (χ0v) is 14.0. The minimum atomic E-state index is -0.00807. The minimum absolute atomic E-state index is 0.00807. The molecule has 0 spiro atoms. The molecule has 0 N–H and O–H groups in total. The molecule has 0 aromatic heterocycles. The van der Waals surface area contributed by atoms with Gasteiger partial charge in [0, 0.05) is 44.4 Å². The highest BCUT2D eigenvalue weighted by Crippen LogP contribution is 2.34. The van der Waals surface area contributed by atoms with Crippen LogP contribution in [0.3, 0.4) is 0 Å². The lowest BCUT2D eigenvalue weighted by Gasteiger charge is -2.40. The van der Waals surface area contributed by atoms with E-state index in [1.165, 1.54) is 5.56 Å². The van der Waals surface area contributed by atoms with Gasteiger partial charge in [0.15, 0.2) is 0 Å². The monoisotopic (exact) mass is 314 g/mol. The van der Waals surface area contributed by atoms with Gasteiger partial charge < -0.3 is 9.80 Å². The normalized spacial score (nSPS) is 25.0. The summed E-state index contributed by atoms with van der Waals surface area (Å²) in [7, 11) is 0. The van der Waals surface area contributed by atoms with E-state index in [0.29, 0.717) is 25.9 Å². The molecular weight excluding hydrogens is 288 g/mol. The molecule has 23 heavy (non-hydrogen) atoms. The zero-order chi connectivity index (χ0) is 16.3. The van der Waals surface area contributed by atoms with Crippen LogP contribution in [0.15, 0.2) is 30.3 Å². The van der Waals surface area contributed by atoms with E-state index in [4.69, 9.17) is 0 Å². The van der Waals surface area contributed by atoms with Gasteiger partial charge in [-0.1, -0.05) is 37.3 Å². The lowest BCUT2D eigenvalue weighted by Crippen LogP contribution is -2.48. The summed E-state index contributed by atoms with van der Waals surface area (Å²) in [5.74, 6) is 0.384. The fourth-order valence-corrected chi connectivity index (χ4v) is 3.76. The van der Waals surface area contributed by atoms with Crippen LogP contribution in [-0.4, -0.2) is 47.8 Å². The van der Waals surface area contributed by atoms with Gasteiger partial charge in [0.05, 0.1) is 0 Å². The van der Waals surface area contributed by atoms with Gasteiger partial charge in [0.25, 0.3) is 0 Å². The van der Waals surface area contributed by atoms with Crippen molar-refractivity contribution in [2.24, 2.45) is 0 Å². The summed E-state index contributed by atoms with van der Waals surface area (Å²) in [6.45, 7) is 5.26. The van der Waals surface area contributed by atoms with Crippen molar-refractivity contribution in [2.75, 3.05) is 26.2 Å². The third-order valence-electron chi connectivity index (χ3n) is 5.31. The summed E-state index contributed by atoms with van der Waals surface area (Å²) >= 11 is 0. The number of carbonyl (C=O) groups excluding carboxylic acids is 2. The molecule has 2 amide bonds. The van der Waals surface area contributed by atoms with Crippen molar-refractivity contribution in [1.29, 1.82) is 0 Å². The van der Waals surface area contributed by atoms with Crippen LogP contribution in [0.4, 0.5) is 0 Å². The average Bonchev–Trinajstić information content (AvgIpc) is 3.11. The molecule has 2 heterocycles. The van der Waals surface area contributed by atoms with Crippen LogP contribution in [-0.2, 0) is 15.0 Å². The first-order chi connectivity index (χ1) is 11.1. The first-order valence-electron chi connectivity index (χ1n) is 8.70. The largest absolute Gasteiger partial charge is 0.343 e. The van der Waals surface area contributed by atoms with Crippen molar-refractivity contribution in [3.05, 3.63) is 35.9 Å². The Morgan fingerprint density at radius 1 is 1.17 bits per heavy atom. The first kappa shape index (κ1) is 16.0. The van der Waals surface area contributed by atoms with Gasteiger partial charge in [-0.05, 0) is 24.8 Å². The van der Waals surface area contributed by atoms with Crippen molar-refractivity contribution < 1.29 is 9.59 Å². The standard InChI is InChI=1S/C19H26N2O2/c1-19(16-7-3-2-4-8-16)11-9-17(22)21(15-19)14-10-18(23)20-12-5-6-13-20/h2-4,7-8H,5-6,9-15H2,1H3.